The van der Waals surface area contributed by atoms with Crippen LogP contribution in [0.5, 0.6) is 0 Å². The van der Waals surface area contributed by atoms with Crippen LogP contribution in [0.4, 0.5) is 0 Å². The highest BCUT2D eigenvalue weighted by molar-refractivity contribution is 5.87. The van der Waals surface area contributed by atoms with E-state index in [1.54, 1.807) is 6.07 Å². The van der Waals surface area contributed by atoms with Crippen LogP contribution in [0.15, 0.2) is 12.1 Å². The first-order valence-corrected chi connectivity index (χ1v) is 7.22. The zero-order valence-electron chi connectivity index (χ0n) is 12.2. The van der Waals surface area contributed by atoms with Gasteiger partial charge in [0, 0.05) is 18.8 Å². The maximum absolute atomic E-state index is 11.3. The lowest BCUT2D eigenvalue weighted by molar-refractivity contribution is -0.00635. The summed E-state index contributed by atoms with van der Waals surface area (Å²) < 4.78 is 4.64. The number of ether oxygens (including phenoxy) is 1. The van der Waals surface area contributed by atoms with Crippen LogP contribution in [-0.2, 0) is 11.3 Å². The van der Waals surface area contributed by atoms with E-state index in [4.69, 9.17) is 0 Å². The molecule has 0 aromatic carbocycles. The summed E-state index contributed by atoms with van der Waals surface area (Å²) in [6.07, 6.45) is 3.90. The van der Waals surface area contributed by atoms with Gasteiger partial charge in [-0.3, -0.25) is 0 Å². The summed E-state index contributed by atoms with van der Waals surface area (Å²) in [7, 11) is 1.36. The van der Waals surface area contributed by atoms with E-state index < -0.39 is 5.60 Å². The summed E-state index contributed by atoms with van der Waals surface area (Å²) in [6, 6.07) is 3.56. The van der Waals surface area contributed by atoms with Gasteiger partial charge < -0.3 is 20.1 Å². The van der Waals surface area contributed by atoms with Crippen molar-refractivity contribution in [2.24, 2.45) is 5.92 Å². The quantitative estimate of drug-likeness (QED) is 0.719. The molecule has 1 saturated carbocycles. The average Bonchev–Trinajstić information content (AvgIpc) is 2.90. The fraction of sp³-hybridized carbons (Fsp3) is 0.667. The fourth-order valence-electron chi connectivity index (χ4n) is 2.68. The molecule has 2 rings (SSSR count). The largest absolute Gasteiger partial charge is 0.464 e. The molecular weight excluding hydrogens is 256 g/mol. The molecule has 1 fully saturated rings. The molecule has 0 radical (unpaired) electrons. The van der Waals surface area contributed by atoms with E-state index in [1.807, 2.05) is 6.07 Å². The van der Waals surface area contributed by atoms with E-state index in [9.17, 15) is 9.90 Å². The van der Waals surface area contributed by atoms with Crippen LogP contribution in [0.2, 0.25) is 0 Å². The predicted octanol–water partition coefficient (Wildman–Crippen LogP) is 1.83. The molecule has 0 unspecified atom stereocenters. The van der Waals surface area contributed by atoms with Crippen molar-refractivity contribution in [1.29, 1.82) is 0 Å². The SMILES string of the molecule is COC(=O)c1ccc(CNCC2(O)CCC(C)CC2)[nH]1. The molecule has 20 heavy (non-hydrogen) atoms. The second-order valence-electron chi connectivity index (χ2n) is 5.90. The Labute approximate surface area is 119 Å². The molecule has 3 N–H and O–H groups in total. The first-order valence-electron chi connectivity index (χ1n) is 7.22. The molecule has 0 aliphatic heterocycles. The monoisotopic (exact) mass is 280 g/mol. The molecule has 1 aliphatic carbocycles. The summed E-state index contributed by atoms with van der Waals surface area (Å²) in [6.45, 7) is 3.43. The van der Waals surface area contributed by atoms with E-state index in [-0.39, 0.29) is 5.97 Å². The van der Waals surface area contributed by atoms with Crippen LogP contribution in [0.1, 0.15) is 48.8 Å². The number of aromatic amines is 1. The number of methoxy groups -OCH3 is 1. The Morgan fingerprint density at radius 2 is 2.20 bits per heavy atom. The Kier molecular flexibility index (Phi) is 4.83. The third-order valence-electron chi connectivity index (χ3n) is 4.13. The molecule has 0 amide bonds. The minimum atomic E-state index is -0.579. The predicted molar refractivity (Wildman–Crippen MR) is 76.4 cm³/mol. The van der Waals surface area contributed by atoms with Crippen molar-refractivity contribution in [3.8, 4) is 0 Å². The van der Waals surface area contributed by atoms with Crippen LogP contribution in [0.3, 0.4) is 0 Å². The second-order valence-corrected chi connectivity index (χ2v) is 5.90. The highest BCUT2D eigenvalue weighted by Gasteiger charge is 2.31. The summed E-state index contributed by atoms with van der Waals surface area (Å²) in [5.74, 6) is 0.359. The van der Waals surface area contributed by atoms with Gasteiger partial charge in [0.1, 0.15) is 5.69 Å². The van der Waals surface area contributed by atoms with Crippen LogP contribution >= 0.6 is 0 Å². The maximum atomic E-state index is 11.3. The highest BCUT2D eigenvalue weighted by Crippen LogP contribution is 2.31. The van der Waals surface area contributed by atoms with Gasteiger partial charge in [0.05, 0.1) is 12.7 Å². The lowest BCUT2D eigenvalue weighted by Crippen LogP contribution is -2.43. The molecule has 0 bridgehead atoms. The number of aliphatic hydroxyl groups is 1. The van der Waals surface area contributed by atoms with Gasteiger partial charge in [0.2, 0.25) is 0 Å². The van der Waals surface area contributed by atoms with Crippen LogP contribution in [0.25, 0.3) is 0 Å². The number of H-pyrrole nitrogens is 1. The molecule has 0 atom stereocenters. The highest BCUT2D eigenvalue weighted by atomic mass is 16.5. The zero-order valence-corrected chi connectivity index (χ0v) is 12.2. The number of rotatable bonds is 5. The third kappa shape index (κ3) is 3.84. The minimum absolute atomic E-state index is 0.365. The van der Waals surface area contributed by atoms with Crippen molar-refractivity contribution in [1.82, 2.24) is 10.3 Å². The van der Waals surface area contributed by atoms with Gasteiger partial charge in [-0.2, -0.15) is 0 Å². The molecule has 5 heteroatoms. The number of carbonyl (C=O) groups excluding carboxylic acids is 1. The van der Waals surface area contributed by atoms with Gasteiger partial charge in [0.25, 0.3) is 0 Å². The number of carbonyl (C=O) groups is 1. The van der Waals surface area contributed by atoms with E-state index in [0.717, 1.165) is 37.3 Å². The molecule has 1 aromatic rings. The van der Waals surface area contributed by atoms with Crippen molar-refractivity contribution in [2.75, 3.05) is 13.7 Å². The Bertz CT molecular complexity index is 448. The number of hydrogen-bond donors (Lipinski definition) is 3. The molecule has 112 valence electrons. The van der Waals surface area contributed by atoms with E-state index in [1.165, 1.54) is 7.11 Å². The number of hydrogen-bond acceptors (Lipinski definition) is 4. The molecule has 1 aromatic heterocycles. The summed E-state index contributed by atoms with van der Waals surface area (Å²) in [5, 5.41) is 13.7. The molecular formula is C15H24N2O3. The standard InChI is InChI=1S/C15H24N2O3/c1-11-5-7-15(19,8-6-11)10-16-9-12-3-4-13(17-12)14(18)20-2/h3-4,11,16-17,19H,5-10H2,1-2H3. The zero-order chi connectivity index (χ0) is 14.6. The van der Waals surface area contributed by atoms with Crippen molar-refractivity contribution in [2.45, 2.75) is 44.8 Å². The maximum Gasteiger partial charge on any atom is 0.354 e. The summed E-state index contributed by atoms with van der Waals surface area (Å²) >= 11 is 0. The topological polar surface area (TPSA) is 74.3 Å². The van der Waals surface area contributed by atoms with Gasteiger partial charge in [-0.05, 0) is 43.7 Å². The lowest BCUT2D eigenvalue weighted by atomic mass is 9.79. The molecule has 1 heterocycles. The first-order chi connectivity index (χ1) is 9.52. The molecule has 1 aliphatic rings. The number of aromatic nitrogens is 1. The van der Waals surface area contributed by atoms with Gasteiger partial charge >= 0.3 is 5.97 Å². The fourth-order valence-corrected chi connectivity index (χ4v) is 2.68. The van der Waals surface area contributed by atoms with Gasteiger partial charge in [0.15, 0.2) is 0 Å². The normalized spacial score (nSPS) is 26.4. The Balaban J connectivity index is 1.78. The Morgan fingerprint density at radius 1 is 1.50 bits per heavy atom. The Morgan fingerprint density at radius 3 is 2.85 bits per heavy atom. The summed E-state index contributed by atoms with van der Waals surface area (Å²) in [4.78, 5) is 14.3. The number of nitrogens with one attached hydrogen (secondary N) is 2. The van der Waals surface area contributed by atoms with E-state index in [0.29, 0.717) is 18.8 Å². The van der Waals surface area contributed by atoms with E-state index >= 15 is 0 Å². The van der Waals surface area contributed by atoms with Crippen LogP contribution in [-0.4, -0.2) is 35.3 Å². The lowest BCUT2D eigenvalue weighted by Gasteiger charge is -2.35. The molecule has 0 spiro atoms. The molecule has 5 nitrogen and oxygen atoms in total. The van der Waals surface area contributed by atoms with E-state index in [2.05, 4.69) is 22.0 Å². The van der Waals surface area contributed by atoms with Crippen molar-refractivity contribution < 1.29 is 14.6 Å². The second kappa shape index (κ2) is 6.41. The first kappa shape index (κ1) is 15.1. The average molecular weight is 280 g/mol. The smallest absolute Gasteiger partial charge is 0.354 e. The van der Waals surface area contributed by atoms with Crippen molar-refractivity contribution in [3.05, 3.63) is 23.5 Å². The van der Waals surface area contributed by atoms with Gasteiger partial charge in [-0.15, -0.1) is 0 Å². The minimum Gasteiger partial charge on any atom is -0.464 e. The van der Waals surface area contributed by atoms with Crippen LogP contribution < -0.4 is 5.32 Å². The third-order valence-corrected chi connectivity index (χ3v) is 4.13. The molecule has 0 saturated heterocycles. The number of esters is 1. The van der Waals surface area contributed by atoms with Gasteiger partial charge in [-0.1, -0.05) is 6.92 Å². The Hall–Kier alpha value is -1.33. The van der Waals surface area contributed by atoms with Gasteiger partial charge in [-0.25, -0.2) is 4.79 Å². The summed E-state index contributed by atoms with van der Waals surface area (Å²) in [5.41, 5.74) is 0.789. The van der Waals surface area contributed by atoms with Crippen molar-refractivity contribution >= 4 is 5.97 Å². The van der Waals surface area contributed by atoms with Crippen molar-refractivity contribution in [3.63, 3.8) is 0 Å². The van der Waals surface area contributed by atoms with Crippen LogP contribution in [0, 0.1) is 5.92 Å².